The van der Waals surface area contributed by atoms with Gasteiger partial charge in [0.2, 0.25) is 11.8 Å². The second kappa shape index (κ2) is 11.3. The molecule has 0 aliphatic heterocycles. The molecule has 0 unspecified atom stereocenters. The Morgan fingerprint density at radius 2 is 1.67 bits per heavy atom. The molecule has 0 aliphatic carbocycles. The predicted octanol–water partition coefficient (Wildman–Crippen LogP) is 2.91. The summed E-state index contributed by atoms with van der Waals surface area (Å²) < 4.78 is 6.05. The number of amides is 3. The van der Waals surface area contributed by atoms with Crippen molar-refractivity contribution in [2.24, 2.45) is 11.7 Å². The number of hydrogen-bond acceptors (Lipinski definition) is 4. The molecule has 160 valence electrons. The summed E-state index contributed by atoms with van der Waals surface area (Å²) in [6.07, 6.45) is -0.473. The number of carbonyl (C=O) groups excluding carboxylic acids is 3. The Hall–Kier alpha value is -2.87. The van der Waals surface area contributed by atoms with Gasteiger partial charge in [-0.15, -0.1) is 0 Å². The molecule has 3 amide bonds. The highest BCUT2D eigenvalue weighted by atomic mass is 79.9. The third-order valence-electron chi connectivity index (χ3n) is 4.42. The van der Waals surface area contributed by atoms with Gasteiger partial charge in [0, 0.05) is 10.9 Å². The molecule has 0 saturated heterocycles. The average Bonchev–Trinajstić information content (AvgIpc) is 2.70. The molecule has 0 spiro atoms. The van der Waals surface area contributed by atoms with Gasteiger partial charge in [0.1, 0.15) is 18.7 Å². The van der Waals surface area contributed by atoms with Gasteiger partial charge >= 0.3 is 6.09 Å². The summed E-state index contributed by atoms with van der Waals surface area (Å²) in [4.78, 5) is 36.8. The summed E-state index contributed by atoms with van der Waals surface area (Å²) >= 11 is 3.38. The number of carbonyl (C=O) groups is 3. The Kier molecular flexibility index (Phi) is 8.86. The van der Waals surface area contributed by atoms with E-state index < -0.39 is 30.0 Å². The molecule has 0 aliphatic rings. The van der Waals surface area contributed by atoms with Crippen LogP contribution in [0.1, 0.15) is 25.0 Å². The smallest absolute Gasteiger partial charge is 0.408 e. The highest BCUT2D eigenvalue weighted by molar-refractivity contribution is 9.10. The first-order valence-electron chi connectivity index (χ1n) is 9.57. The van der Waals surface area contributed by atoms with Crippen LogP contribution in [0.25, 0.3) is 0 Å². The number of nitrogens with two attached hydrogens (primary N) is 1. The molecule has 8 heteroatoms. The van der Waals surface area contributed by atoms with E-state index in [1.807, 2.05) is 54.6 Å². The first kappa shape index (κ1) is 23.4. The Labute approximate surface area is 184 Å². The van der Waals surface area contributed by atoms with E-state index in [2.05, 4.69) is 26.6 Å². The van der Waals surface area contributed by atoms with E-state index in [1.54, 1.807) is 13.8 Å². The van der Waals surface area contributed by atoms with Crippen molar-refractivity contribution in [3.8, 4) is 0 Å². The lowest BCUT2D eigenvalue weighted by Gasteiger charge is -2.24. The van der Waals surface area contributed by atoms with Crippen molar-refractivity contribution in [1.82, 2.24) is 10.6 Å². The summed E-state index contributed by atoms with van der Waals surface area (Å²) in [5, 5.41) is 5.22. The molecule has 4 N–H and O–H groups in total. The largest absolute Gasteiger partial charge is 0.445 e. The lowest BCUT2D eigenvalue weighted by molar-refractivity contribution is -0.129. The average molecular weight is 476 g/mol. The highest BCUT2D eigenvalue weighted by Crippen LogP contribution is 2.13. The Morgan fingerprint density at radius 1 is 1.00 bits per heavy atom. The highest BCUT2D eigenvalue weighted by Gasteiger charge is 2.28. The van der Waals surface area contributed by atoms with Crippen LogP contribution in [0.15, 0.2) is 59.1 Å². The fourth-order valence-electron chi connectivity index (χ4n) is 2.81. The van der Waals surface area contributed by atoms with Gasteiger partial charge in [-0.25, -0.2) is 4.79 Å². The van der Waals surface area contributed by atoms with Gasteiger partial charge in [0.25, 0.3) is 0 Å². The number of hydrogen-bond donors (Lipinski definition) is 3. The third-order valence-corrected chi connectivity index (χ3v) is 4.92. The third kappa shape index (κ3) is 7.51. The van der Waals surface area contributed by atoms with E-state index in [1.165, 1.54) is 0 Å². The zero-order valence-corrected chi connectivity index (χ0v) is 18.5. The number of nitrogens with one attached hydrogen (secondary N) is 2. The minimum absolute atomic E-state index is 0.0892. The van der Waals surface area contributed by atoms with Crippen LogP contribution in [-0.4, -0.2) is 30.0 Å². The minimum atomic E-state index is -0.907. The van der Waals surface area contributed by atoms with Crippen LogP contribution in [-0.2, 0) is 27.4 Å². The summed E-state index contributed by atoms with van der Waals surface area (Å²) in [5.41, 5.74) is 7.16. The van der Waals surface area contributed by atoms with Crippen LogP contribution in [0.5, 0.6) is 0 Å². The van der Waals surface area contributed by atoms with Gasteiger partial charge in [-0.2, -0.15) is 0 Å². The Morgan fingerprint density at radius 3 is 2.27 bits per heavy atom. The van der Waals surface area contributed by atoms with Gasteiger partial charge in [0.15, 0.2) is 0 Å². The molecule has 0 saturated carbocycles. The number of benzene rings is 2. The Balaban J connectivity index is 1.98. The van der Waals surface area contributed by atoms with Crippen molar-refractivity contribution in [1.29, 1.82) is 0 Å². The predicted molar refractivity (Wildman–Crippen MR) is 117 cm³/mol. The summed E-state index contributed by atoms with van der Waals surface area (Å²) in [6, 6.07) is 14.8. The maximum Gasteiger partial charge on any atom is 0.408 e. The fourth-order valence-corrected chi connectivity index (χ4v) is 3.26. The molecule has 2 rings (SSSR count). The van der Waals surface area contributed by atoms with Crippen molar-refractivity contribution in [3.05, 3.63) is 70.2 Å². The number of ether oxygens (including phenoxy) is 1. The first-order valence-corrected chi connectivity index (χ1v) is 10.4. The van der Waals surface area contributed by atoms with Gasteiger partial charge in [-0.3, -0.25) is 9.59 Å². The zero-order chi connectivity index (χ0) is 22.1. The number of halogens is 1. The molecule has 0 aromatic heterocycles. The van der Waals surface area contributed by atoms with Crippen LogP contribution < -0.4 is 16.4 Å². The summed E-state index contributed by atoms with van der Waals surface area (Å²) in [5.74, 6) is -1.38. The van der Waals surface area contributed by atoms with Crippen molar-refractivity contribution in [2.45, 2.75) is 39.0 Å². The number of alkyl carbamates (subject to hydrolysis) is 1. The van der Waals surface area contributed by atoms with E-state index in [-0.39, 0.29) is 18.9 Å². The monoisotopic (exact) mass is 475 g/mol. The van der Waals surface area contributed by atoms with E-state index in [9.17, 15) is 14.4 Å². The summed E-state index contributed by atoms with van der Waals surface area (Å²) in [7, 11) is 0. The SMILES string of the molecule is CC(C)[C@@H](NC(=O)OCc1ccccc1)C(=O)N[C@@H](Cc1cccc(Br)c1)C(N)=O. The van der Waals surface area contributed by atoms with E-state index in [4.69, 9.17) is 10.5 Å². The Bertz CT molecular complexity index is 874. The number of rotatable bonds is 9. The van der Waals surface area contributed by atoms with E-state index in [0.29, 0.717) is 0 Å². The van der Waals surface area contributed by atoms with Gasteiger partial charge in [0.05, 0.1) is 0 Å². The molecule has 0 fully saturated rings. The molecule has 0 bridgehead atoms. The van der Waals surface area contributed by atoms with Crippen LogP contribution in [0.4, 0.5) is 4.79 Å². The van der Waals surface area contributed by atoms with Crippen LogP contribution >= 0.6 is 15.9 Å². The lowest BCUT2D eigenvalue weighted by Crippen LogP contribution is -2.55. The molecular formula is C22H26BrN3O4. The van der Waals surface area contributed by atoms with Crippen LogP contribution in [0.2, 0.25) is 0 Å². The van der Waals surface area contributed by atoms with E-state index >= 15 is 0 Å². The van der Waals surface area contributed by atoms with Gasteiger partial charge < -0.3 is 21.1 Å². The number of primary amides is 1. The second-order valence-electron chi connectivity index (χ2n) is 7.23. The normalized spacial score (nSPS) is 12.7. The fraction of sp³-hybridized carbons (Fsp3) is 0.318. The first-order chi connectivity index (χ1) is 14.3. The molecule has 7 nitrogen and oxygen atoms in total. The van der Waals surface area contributed by atoms with Crippen molar-refractivity contribution >= 4 is 33.8 Å². The van der Waals surface area contributed by atoms with Crippen molar-refractivity contribution < 1.29 is 19.1 Å². The molecular weight excluding hydrogens is 450 g/mol. The molecule has 2 aromatic rings. The molecule has 2 atom stereocenters. The van der Waals surface area contributed by atoms with Gasteiger partial charge in [-0.1, -0.05) is 72.2 Å². The maximum atomic E-state index is 12.8. The van der Waals surface area contributed by atoms with E-state index in [0.717, 1.165) is 15.6 Å². The molecule has 30 heavy (non-hydrogen) atoms. The summed E-state index contributed by atoms with van der Waals surface area (Å²) in [6.45, 7) is 3.66. The van der Waals surface area contributed by atoms with Gasteiger partial charge in [-0.05, 0) is 29.2 Å². The molecule has 0 radical (unpaired) electrons. The molecule has 2 aromatic carbocycles. The van der Waals surface area contributed by atoms with Crippen LogP contribution in [0, 0.1) is 5.92 Å². The second-order valence-corrected chi connectivity index (χ2v) is 8.14. The lowest BCUT2D eigenvalue weighted by atomic mass is 10.0. The molecule has 0 heterocycles. The van der Waals surface area contributed by atoms with Crippen LogP contribution in [0.3, 0.4) is 0 Å². The van der Waals surface area contributed by atoms with Crippen molar-refractivity contribution in [3.63, 3.8) is 0 Å². The standard InChI is InChI=1S/C22H26BrN3O4/c1-14(2)19(26-22(29)30-13-15-7-4-3-5-8-15)21(28)25-18(20(24)27)12-16-9-6-10-17(23)11-16/h3-11,14,18-19H,12-13H2,1-2H3,(H2,24,27)(H,25,28)(H,26,29)/t18-,19+/m0/s1. The van der Waals surface area contributed by atoms with Crippen molar-refractivity contribution in [2.75, 3.05) is 0 Å². The topological polar surface area (TPSA) is 111 Å². The zero-order valence-electron chi connectivity index (χ0n) is 16.9. The maximum absolute atomic E-state index is 12.8. The quantitative estimate of drug-likeness (QED) is 0.517. The minimum Gasteiger partial charge on any atom is -0.445 e.